The molecule has 0 spiro atoms. The maximum absolute atomic E-state index is 12.8. The molecule has 1 amide bonds. The molecule has 0 radical (unpaired) electrons. The van der Waals surface area contributed by atoms with Crippen molar-refractivity contribution in [2.45, 2.75) is 13.0 Å². The molecule has 1 aliphatic heterocycles. The molecule has 0 saturated carbocycles. The van der Waals surface area contributed by atoms with Crippen molar-refractivity contribution in [3.05, 3.63) is 83.7 Å². The molecule has 0 unspecified atom stereocenters. The molecule has 2 heterocycles. The molecule has 0 aliphatic carbocycles. The Balaban J connectivity index is 1.40. The first-order chi connectivity index (χ1) is 13.2. The van der Waals surface area contributed by atoms with Gasteiger partial charge in [0.05, 0.1) is 19.0 Å². The lowest BCUT2D eigenvalue weighted by Crippen LogP contribution is -2.29. The molecular formula is C22H21N3O2. The predicted molar refractivity (Wildman–Crippen MR) is 106 cm³/mol. The maximum Gasteiger partial charge on any atom is 0.276 e. The van der Waals surface area contributed by atoms with E-state index < -0.39 is 0 Å². The fourth-order valence-electron chi connectivity index (χ4n) is 3.26. The molecule has 136 valence electrons. The molecule has 3 aromatic rings. The van der Waals surface area contributed by atoms with Crippen molar-refractivity contribution < 1.29 is 9.53 Å². The van der Waals surface area contributed by atoms with Crippen LogP contribution in [-0.2, 0) is 13.0 Å². The van der Waals surface area contributed by atoms with Crippen LogP contribution in [0.15, 0.2) is 66.9 Å². The SMILES string of the molecule is COc1ccc(CNc2ccc(C(=O)N3CCc4ccccc43)nc2)cc1. The normalized spacial score (nSPS) is 12.6. The lowest BCUT2D eigenvalue weighted by Gasteiger charge is -2.17. The van der Waals surface area contributed by atoms with Crippen molar-refractivity contribution in [2.75, 3.05) is 23.9 Å². The van der Waals surface area contributed by atoms with Crippen LogP contribution in [0.3, 0.4) is 0 Å². The van der Waals surface area contributed by atoms with Crippen LogP contribution >= 0.6 is 0 Å². The summed E-state index contributed by atoms with van der Waals surface area (Å²) in [6.07, 6.45) is 2.60. The molecule has 27 heavy (non-hydrogen) atoms. The predicted octanol–water partition coefficient (Wildman–Crippen LogP) is 3.91. The quantitative estimate of drug-likeness (QED) is 0.751. The zero-order chi connectivity index (χ0) is 18.6. The van der Waals surface area contributed by atoms with Gasteiger partial charge in [-0.2, -0.15) is 0 Å². The second-order valence-corrected chi connectivity index (χ2v) is 6.47. The number of carbonyl (C=O) groups excluding carboxylic acids is 1. The van der Waals surface area contributed by atoms with Crippen molar-refractivity contribution in [1.29, 1.82) is 0 Å². The third kappa shape index (κ3) is 3.62. The van der Waals surface area contributed by atoms with Crippen LogP contribution in [0.2, 0.25) is 0 Å². The van der Waals surface area contributed by atoms with Crippen LogP contribution in [0, 0.1) is 0 Å². The van der Waals surface area contributed by atoms with E-state index in [1.807, 2.05) is 53.4 Å². The summed E-state index contributed by atoms with van der Waals surface area (Å²) in [5.74, 6) is 0.786. The number of para-hydroxylation sites is 1. The Morgan fingerprint density at radius 1 is 1.11 bits per heavy atom. The molecule has 1 aromatic heterocycles. The van der Waals surface area contributed by atoms with E-state index in [0.29, 0.717) is 18.8 Å². The third-order valence-electron chi connectivity index (χ3n) is 4.77. The van der Waals surface area contributed by atoms with E-state index in [2.05, 4.69) is 16.4 Å². The van der Waals surface area contributed by atoms with Gasteiger partial charge in [0.25, 0.3) is 5.91 Å². The van der Waals surface area contributed by atoms with Crippen molar-refractivity contribution >= 4 is 17.3 Å². The Morgan fingerprint density at radius 3 is 2.67 bits per heavy atom. The molecular weight excluding hydrogens is 338 g/mol. The number of anilines is 2. The highest BCUT2D eigenvalue weighted by atomic mass is 16.5. The smallest absolute Gasteiger partial charge is 0.276 e. The molecule has 0 atom stereocenters. The monoisotopic (exact) mass is 359 g/mol. The summed E-state index contributed by atoms with van der Waals surface area (Å²) >= 11 is 0. The number of benzene rings is 2. The molecule has 0 bridgehead atoms. The van der Waals surface area contributed by atoms with Gasteiger partial charge in [0.1, 0.15) is 11.4 Å². The first kappa shape index (κ1) is 17.1. The fourth-order valence-corrected chi connectivity index (χ4v) is 3.26. The lowest BCUT2D eigenvalue weighted by atomic mass is 10.2. The number of nitrogens with zero attached hydrogens (tertiary/aromatic N) is 2. The van der Waals surface area contributed by atoms with Crippen LogP contribution in [0.5, 0.6) is 5.75 Å². The Labute approximate surface area is 158 Å². The second kappa shape index (κ2) is 7.50. The largest absolute Gasteiger partial charge is 0.497 e. The van der Waals surface area contributed by atoms with Crippen molar-refractivity contribution in [1.82, 2.24) is 4.98 Å². The second-order valence-electron chi connectivity index (χ2n) is 6.47. The molecule has 0 saturated heterocycles. The number of ether oxygens (including phenoxy) is 1. The fraction of sp³-hybridized carbons (Fsp3) is 0.182. The molecule has 1 aliphatic rings. The summed E-state index contributed by atoms with van der Waals surface area (Å²) in [6, 6.07) is 19.6. The molecule has 5 heteroatoms. The zero-order valence-corrected chi connectivity index (χ0v) is 15.2. The highest BCUT2D eigenvalue weighted by Crippen LogP contribution is 2.28. The number of nitrogens with one attached hydrogen (secondary N) is 1. The van der Waals surface area contributed by atoms with Gasteiger partial charge in [-0.25, -0.2) is 4.98 Å². The number of carbonyl (C=O) groups is 1. The summed E-state index contributed by atoms with van der Waals surface area (Å²) in [7, 11) is 1.66. The topological polar surface area (TPSA) is 54.5 Å². The van der Waals surface area contributed by atoms with E-state index in [1.54, 1.807) is 19.4 Å². The van der Waals surface area contributed by atoms with Gasteiger partial charge in [-0.15, -0.1) is 0 Å². The summed E-state index contributed by atoms with van der Waals surface area (Å²) in [4.78, 5) is 19.0. The average Bonchev–Trinajstić information content (AvgIpc) is 3.16. The number of rotatable bonds is 5. The standard InChI is InChI=1S/C22H21N3O2/c1-27-19-9-6-16(7-10-19)14-23-18-8-11-20(24-15-18)22(26)25-13-12-17-4-2-3-5-21(17)25/h2-11,15,23H,12-14H2,1H3. The van der Waals surface area contributed by atoms with Gasteiger partial charge in [-0.1, -0.05) is 30.3 Å². The molecule has 2 aromatic carbocycles. The maximum atomic E-state index is 12.8. The highest BCUT2D eigenvalue weighted by Gasteiger charge is 2.25. The minimum Gasteiger partial charge on any atom is -0.497 e. The molecule has 0 fully saturated rings. The van der Waals surface area contributed by atoms with E-state index >= 15 is 0 Å². The van der Waals surface area contributed by atoms with Gasteiger partial charge in [-0.05, 0) is 47.9 Å². The van der Waals surface area contributed by atoms with Crippen LogP contribution < -0.4 is 15.0 Å². The Hall–Kier alpha value is -3.34. The number of methoxy groups -OCH3 is 1. The first-order valence-corrected chi connectivity index (χ1v) is 8.97. The van der Waals surface area contributed by atoms with Gasteiger partial charge in [0.2, 0.25) is 0 Å². The van der Waals surface area contributed by atoms with Gasteiger partial charge < -0.3 is 15.0 Å². The van der Waals surface area contributed by atoms with E-state index in [4.69, 9.17) is 4.74 Å². The van der Waals surface area contributed by atoms with Gasteiger partial charge in [-0.3, -0.25) is 4.79 Å². The van der Waals surface area contributed by atoms with Crippen molar-refractivity contribution in [3.63, 3.8) is 0 Å². The number of amides is 1. The Kier molecular flexibility index (Phi) is 4.75. The van der Waals surface area contributed by atoms with Crippen LogP contribution in [0.4, 0.5) is 11.4 Å². The highest BCUT2D eigenvalue weighted by molar-refractivity contribution is 6.06. The average molecular weight is 359 g/mol. The summed E-state index contributed by atoms with van der Waals surface area (Å²) < 4.78 is 5.17. The number of hydrogen-bond donors (Lipinski definition) is 1. The van der Waals surface area contributed by atoms with Crippen LogP contribution in [0.25, 0.3) is 0 Å². The number of pyridine rings is 1. The van der Waals surface area contributed by atoms with E-state index in [-0.39, 0.29) is 5.91 Å². The number of fused-ring (bicyclic) bond motifs is 1. The minimum atomic E-state index is -0.0540. The van der Waals surface area contributed by atoms with E-state index in [0.717, 1.165) is 29.1 Å². The van der Waals surface area contributed by atoms with Crippen molar-refractivity contribution in [3.8, 4) is 5.75 Å². The summed E-state index contributed by atoms with van der Waals surface area (Å²) in [5, 5.41) is 3.32. The minimum absolute atomic E-state index is 0.0540. The third-order valence-corrected chi connectivity index (χ3v) is 4.77. The molecule has 5 nitrogen and oxygen atoms in total. The van der Waals surface area contributed by atoms with Crippen LogP contribution in [-0.4, -0.2) is 24.5 Å². The first-order valence-electron chi connectivity index (χ1n) is 8.97. The molecule has 4 rings (SSSR count). The zero-order valence-electron chi connectivity index (χ0n) is 15.2. The Bertz CT molecular complexity index is 937. The number of hydrogen-bond acceptors (Lipinski definition) is 4. The van der Waals surface area contributed by atoms with Gasteiger partial charge in [0, 0.05) is 18.8 Å². The van der Waals surface area contributed by atoms with E-state index in [9.17, 15) is 4.79 Å². The Morgan fingerprint density at radius 2 is 1.93 bits per heavy atom. The summed E-state index contributed by atoms with van der Waals surface area (Å²) in [6.45, 7) is 1.38. The van der Waals surface area contributed by atoms with Gasteiger partial charge >= 0.3 is 0 Å². The lowest BCUT2D eigenvalue weighted by molar-refractivity contribution is 0.0984. The summed E-state index contributed by atoms with van der Waals surface area (Å²) in [5.41, 5.74) is 4.69. The van der Waals surface area contributed by atoms with E-state index in [1.165, 1.54) is 5.56 Å². The molecule has 1 N–H and O–H groups in total. The van der Waals surface area contributed by atoms with Gasteiger partial charge in [0.15, 0.2) is 0 Å². The van der Waals surface area contributed by atoms with Crippen molar-refractivity contribution in [2.24, 2.45) is 0 Å². The number of aromatic nitrogens is 1. The van der Waals surface area contributed by atoms with Crippen LogP contribution in [0.1, 0.15) is 21.6 Å².